The standard InChI is InChI=1S/C24H19BrN2O4/c1-31-19-6-2-5-17(12-19)22(28)20-21(16-7-9-18(25)10-8-16)27(24(30)23(20)29)14-15-4-3-11-26-13-15/h2-13,21,28H,14H2,1H3/b22-20+/t21-/m0/s1. The number of aromatic nitrogens is 1. The van der Waals surface area contributed by atoms with E-state index in [4.69, 9.17) is 4.74 Å². The molecule has 1 aliphatic heterocycles. The van der Waals surface area contributed by atoms with E-state index >= 15 is 0 Å². The van der Waals surface area contributed by atoms with E-state index in [2.05, 4.69) is 20.9 Å². The number of ketones is 1. The molecule has 0 unspecified atom stereocenters. The molecule has 1 saturated heterocycles. The Balaban J connectivity index is 1.86. The molecular weight excluding hydrogens is 460 g/mol. The van der Waals surface area contributed by atoms with Crippen LogP contribution in [0.4, 0.5) is 0 Å². The molecule has 0 aliphatic carbocycles. The number of halogens is 1. The number of ether oxygens (including phenoxy) is 1. The van der Waals surface area contributed by atoms with E-state index in [1.165, 1.54) is 12.0 Å². The van der Waals surface area contributed by atoms with Gasteiger partial charge in [0.25, 0.3) is 11.7 Å². The number of hydrogen-bond acceptors (Lipinski definition) is 5. The van der Waals surface area contributed by atoms with E-state index in [1.807, 2.05) is 30.3 Å². The van der Waals surface area contributed by atoms with E-state index in [9.17, 15) is 14.7 Å². The maximum atomic E-state index is 13.1. The van der Waals surface area contributed by atoms with Crippen molar-refractivity contribution in [2.75, 3.05) is 7.11 Å². The highest BCUT2D eigenvalue weighted by Crippen LogP contribution is 2.40. The van der Waals surface area contributed by atoms with Gasteiger partial charge in [0.05, 0.1) is 18.7 Å². The Morgan fingerprint density at radius 1 is 1.13 bits per heavy atom. The summed E-state index contributed by atoms with van der Waals surface area (Å²) in [5.74, 6) is -1.09. The lowest BCUT2D eigenvalue weighted by Crippen LogP contribution is -2.29. The molecule has 2 aromatic carbocycles. The van der Waals surface area contributed by atoms with Crippen LogP contribution in [0.3, 0.4) is 0 Å². The fourth-order valence-electron chi connectivity index (χ4n) is 3.65. The van der Waals surface area contributed by atoms with Gasteiger partial charge in [0.1, 0.15) is 11.5 Å². The first-order valence-corrected chi connectivity index (χ1v) is 10.4. The molecule has 0 bridgehead atoms. The molecule has 31 heavy (non-hydrogen) atoms. The number of pyridine rings is 1. The first-order valence-electron chi connectivity index (χ1n) is 9.57. The first kappa shape index (κ1) is 20.8. The van der Waals surface area contributed by atoms with Crippen LogP contribution in [0.15, 0.2) is 83.1 Å². The van der Waals surface area contributed by atoms with Gasteiger partial charge in [0, 0.05) is 29.0 Å². The minimum absolute atomic E-state index is 0.0458. The Morgan fingerprint density at radius 3 is 2.58 bits per heavy atom. The van der Waals surface area contributed by atoms with Gasteiger partial charge in [-0.25, -0.2) is 0 Å². The number of aliphatic hydroxyl groups is 1. The molecule has 2 heterocycles. The van der Waals surface area contributed by atoms with Gasteiger partial charge in [-0.1, -0.05) is 46.3 Å². The topological polar surface area (TPSA) is 79.7 Å². The highest BCUT2D eigenvalue weighted by Gasteiger charge is 2.46. The average Bonchev–Trinajstić information content (AvgIpc) is 3.05. The smallest absolute Gasteiger partial charge is 0.295 e. The number of carbonyl (C=O) groups excluding carboxylic acids is 2. The van der Waals surface area contributed by atoms with Crippen molar-refractivity contribution >= 4 is 33.4 Å². The van der Waals surface area contributed by atoms with Crippen molar-refractivity contribution in [2.45, 2.75) is 12.6 Å². The average molecular weight is 479 g/mol. The Bertz CT molecular complexity index is 1160. The number of methoxy groups -OCH3 is 1. The van der Waals surface area contributed by atoms with E-state index in [-0.39, 0.29) is 17.9 Å². The van der Waals surface area contributed by atoms with Crippen LogP contribution >= 0.6 is 15.9 Å². The zero-order chi connectivity index (χ0) is 22.0. The second kappa shape index (κ2) is 8.73. The summed E-state index contributed by atoms with van der Waals surface area (Å²) in [6.07, 6.45) is 3.30. The first-order chi connectivity index (χ1) is 15.0. The van der Waals surface area contributed by atoms with E-state index in [1.54, 1.807) is 42.7 Å². The zero-order valence-corrected chi connectivity index (χ0v) is 18.2. The summed E-state index contributed by atoms with van der Waals surface area (Å²) in [6, 6.07) is 17.0. The van der Waals surface area contributed by atoms with Gasteiger partial charge in [-0.2, -0.15) is 0 Å². The summed E-state index contributed by atoms with van der Waals surface area (Å²) in [4.78, 5) is 31.6. The van der Waals surface area contributed by atoms with Crippen LogP contribution in [-0.4, -0.2) is 33.8 Å². The number of nitrogens with zero attached hydrogens (tertiary/aromatic N) is 2. The van der Waals surface area contributed by atoms with Crippen molar-refractivity contribution in [1.82, 2.24) is 9.88 Å². The van der Waals surface area contributed by atoms with Crippen molar-refractivity contribution < 1.29 is 19.4 Å². The van der Waals surface area contributed by atoms with Gasteiger partial charge in [-0.3, -0.25) is 14.6 Å². The number of carbonyl (C=O) groups is 2. The predicted octanol–water partition coefficient (Wildman–Crippen LogP) is 4.47. The molecule has 156 valence electrons. The van der Waals surface area contributed by atoms with Crippen LogP contribution in [-0.2, 0) is 16.1 Å². The van der Waals surface area contributed by atoms with Crippen molar-refractivity contribution in [3.8, 4) is 5.75 Å². The third-order valence-corrected chi connectivity index (χ3v) is 5.67. The van der Waals surface area contributed by atoms with Crippen LogP contribution in [0, 0.1) is 0 Å². The van der Waals surface area contributed by atoms with Gasteiger partial charge >= 0.3 is 0 Å². The number of likely N-dealkylation sites (tertiary alicyclic amines) is 1. The lowest BCUT2D eigenvalue weighted by Gasteiger charge is -2.25. The SMILES string of the molecule is COc1cccc(/C(O)=C2\C(=O)C(=O)N(Cc3cccnc3)[C@H]2c2ccc(Br)cc2)c1. The molecule has 7 heteroatoms. The summed E-state index contributed by atoms with van der Waals surface area (Å²) in [7, 11) is 1.52. The quantitative estimate of drug-likeness (QED) is 0.332. The third kappa shape index (κ3) is 4.09. The fourth-order valence-corrected chi connectivity index (χ4v) is 3.91. The minimum atomic E-state index is -0.737. The molecule has 1 atom stereocenters. The molecule has 0 saturated carbocycles. The van der Waals surface area contributed by atoms with Crippen LogP contribution < -0.4 is 4.74 Å². The molecule has 6 nitrogen and oxygen atoms in total. The summed E-state index contributed by atoms with van der Waals surface area (Å²) in [6.45, 7) is 0.189. The molecule has 1 fully saturated rings. The fraction of sp³-hybridized carbons (Fsp3) is 0.125. The molecule has 1 aromatic heterocycles. The Hall–Kier alpha value is -3.45. The largest absolute Gasteiger partial charge is 0.507 e. The van der Waals surface area contributed by atoms with Crippen LogP contribution in [0.5, 0.6) is 5.75 Å². The minimum Gasteiger partial charge on any atom is -0.507 e. The molecule has 1 amide bonds. The van der Waals surface area contributed by atoms with Gasteiger partial charge in [0.2, 0.25) is 0 Å². The summed E-state index contributed by atoms with van der Waals surface area (Å²) < 4.78 is 6.10. The second-order valence-electron chi connectivity index (χ2n) is 7.07. The molecule has 0 radical (unpaired) electrons. The number of Topliss-reactive ketones (excluding diaryl/α,β-unsaturated/α-hetero) is 1. The molecule has 1 aliphatic rings. The lowest BCUT2D eigenvalue weighted by molar-refractivity contribution is -0.140. The Labute approximate surface area is 187 Å². The van der Waals surface area contributed by atoms with Gasteiger partial charge in [-0.05, 0) is 41.5 Å². The summed E-state index contributed by atoms with van der Waals surface area (Å²) in [5.41, 5.74) is 1.95. The summed E-state index contributed by atoms with van der Waals surface area (Å²) >= 11 is 3.41. The normalized spacial score (nSPS) is 17.7. The Kier molecular flexibility index (Phi) is 5.86. The van der Waals surface area contributed by atoms with Crippen molar-refractivity contribution in [3.05, 3.63) is 99.8 Å². The number of hydrogen-bond donors (Lipinski definition) is 1. The predicted molar refractivity (Wildman–Crippen MR) is 119 cm³/mol. The van der Waals surface area contributed by atoms with Crippen LogP contribution in [0.25, 0.3) is 5.76 Å². The van der Waals surface area contributed by atoms with Crippen molar-refractivity contribution in [2.24, 2.45) is 0 Å². The van der Waals surface area contributed by atoms with Gasteiger partial charge < -0.3 is 14.7 Å². The lowest BCUT2D eigenvalue weighted by atomic mass is 9.95. The van der Waals surface area contributed by atoms with Crippen LogP contribution in [0.1, 0.15) is 22.7 Å². The molecule has 4 rings (SSSR count). The molecular formula is C24H19BrN2O4. The number of amides is 1. The van der Waals surface area contributed by atoms with Crippen molar-refractivity contribution in [3.63, 3.8) is 0 Å². The second-order valence-corrected chi connectivity index (χ2v) is 7.99. The maximum absolute atomic E-state index is 13.1. The third-order valence-electron chi connectivity index (χ3n) is 5.14. The number of aliphatic hydroxyl groups excluding tert-OH is 1. The van der Waals surface area contributed by atoms with E-state index in [0.29, 0.717) is 11.3 Å². The number of benzene rings is 2. The highest BCUT2D eigenvalue weighted by molar-refractivity contribution is 9.10. The van der Waals surface area contributed by atoms with E-state index in [0.717, 1.165) is 15.6 Å². The Morgan fingerprint density at radius 2 is 1.90 bits per heavy atom. The van der Waals surface area contributed by atoms with Crippen LogP contribution in [0.2, 0.25) is 0 Å². The molecule has 1 N–H and O–H groups in total. The summed E-state index contributed by atoms with van der Waals surface area (Å²) in [5, 5.41) is 11.1. The number of rotatable bonds is 5. The zero-order valence-electron chi connectivity index (χ0n) is 16.7. The van der Waals surface area contributed by atoms with Crippen molar-refractivity contribution in [1.29, 1.82) is 0 Å². The monoisotopic (exact) mass is 478 g/mol. The maximum Gasteiger partial charge on any atom is 0.295 e. The molecule has 0 spiro atoms. The van der Waals surface area contributed by atoms with E-state index < -0.39 is 17.7 Å². The van der Waals surface area contributed by atoms with Gasteiger partial charge in [-0.15, -0.1) is 0 Å². The highest BCUT2D eigenvalue weighted by atomic mass is 79.9. The van der Waals surface area contributed by atoms with Gasteiger partial charge in [0.15, 0.2) is 0 Å². The molecule has 3 aromatic rings.